The Labute approximate surface area is 99.6 Å². The summed E-state index contributed by atoms with van der Waals surface area (Å²) in [5, 5.41) is 9.11. The number of likely N-dealkylation sites (tertiary alicyclic amines) is 1. The third-order valence-corrected chi connectivity index (χ3v) is 3.13. The summed E-state index contributed by atoms with van der Waals surface area (Å²) in [6, 6.07) is 1.05. The third-order valence-electron chi connectivity index (χ3n) is 3.13. The predicted molar refractivity (Wildman–Crippen MR) is 61.7 cm³/mol. The largest absolute Gasteiger partial charge is 0.480 e. The number of rotatable bonds is 2. The molecule has 0 radical (unpaired) electrons. The number of aromatic nitrogens is 1. The molecular formula is C12H16N2O3. The quantitative estimate of drug-likeness (QED) is 0.836. The molecule has 0 bridgehead atoms. The molecule has 0 aliphatic carbocycles. The molecule has 1 aliphatic rings. The molecule has 0 spiro atoms. The van der Waals surface area contributed by atoms with Gasteiger partial charge in [-0.05, 0) is 25.3 Å². The van der Waals surface area contributed by atoms with E-state index in [0.717, 1.165) is 12.8 Å². The van der Waals surface area contributed by atoms with Gasteiger partial charge in [-0.25, -0.2) is 4.79 Å². The number of nitrogens with zero attached hydrogens (tertiary/aromatic N) is 2. The van der Waals surface area contributed by atoms with E-state index in [4.69, 9.17) is 5.11 Å². The van der Waals surface area contributed by atoms with Crippen molar-refractivity contribution in [3.05, 3.63) is 24.0 Å². The highest BCUT2D eigenvalue weighted by atomic mass is 16.4. The second-order valence-electron chi connectivity index (χ2n) is 4.41. The van der Waals surface area contributed by atoms with Crippen LogP contribution in [0.1, 0.15) is 29.6 Å². The molecule has 0 aromatic carbocycles. The molecule has 1 unspecified atom stereocenters. The van der Waals surface area contributed by atoms with E-state index in [0.29, 0.717) is 18.5 Å². The van der Waals surface area contributed by atoms with Crippen molar-refractivity contribution >= 4 is 11.9 Å². The van der Waals surface area contributed by atoms with Crippen molar-refractivity contribution in [1.82, 2.24) is 9.47 Å². The number of hydrogen-bond acceptors (Lipinski definition) is 2. The Morgan fingerprint density at radius 3 is 2.76 bits per heavy atom. The Morgan fingerprint density at radius 2 is 2.18 bits per heavy atom. The number of carboxylic acids is 1. The molecule has 1 fully saturated rings. The van der Waals surface area contributed by atoms with Crippen LogP contribution < -0.4 is 0 Å². The molecule has 92 valence electrons. The van der Waals surface area contributed by atoms with E-state index >= 15 is 0 Å². The van der Waals surface area contributed by atoms with Crippen LogP contribution in [0.3, 0.4) is 0 Å². The molecule has 1 aromatic heterocycles. The van der Waals surface area contributed by atoms with Crippen LogP contribution in [0.15, 0.2) is 18.5 Å². The van der Waals surface area contributed by atoms with Crippen molar-refractivity contribution in [3.8, 4) is 0 Å². The maximum absolute atomic E-state index is 12.2. The summed E-state index contributed by atoms with van der Waals surface area (Å²) >= 11 is 0. The lowest BCUT2D eigenvalue weighted by molar-refractivity contribution is -0.143. The van der Waals surface area contributed by atoms with Gasteiger partial charge in [-0.3, -0.25) is 4.79 Å². The van der Waals surface area contributed by atoms with Gasteiger partial charge in [0.05, 0.1) is 5.56 Å². The van der Waals surface area contributed by atoms with Crippen molar-refractivity contribution in [2.24, 2.45) is 7.05 Å². The van der Waals surface area contributed by atoms with Crippen LogP contribution in [0.5, 0.6) is 0 Å². The first-order valence-electron chi connectivity index (χ1n) is 5.75. The van der Waals surface area contributed by atoms with E-state index in [1.54, 1.807) is 23.0 Å². The molecule has 1 aliphatic heterocycles. The van der Waals surface area contributed by atoms with Gasteiger partial charge in [0.2, 0.25) is 0 Å². The van der Waals surface area contributed by atoms with Crippen LogP contribution >= 0.6 is 0 Å². The van der Waals surface area contributed by atoms with E-state index in [-0.39, 0.29) is 5.91 Å². The lowest BCUT2D eigenvalue weighted by Gasteiger charge is -2.32. The number of carbonyl (C=O) groups excluding carboxylic acids is 1. The summed E-state index contributed by atoms with van der Waals surface area (Å²) in [5.74, 6) is -1.09. The zero-order valence-electron chi connectivity index (χ0n) is 9.80. The second-order valence-corrected chi connectivity index (χ2v) is 4.41. The van der Waals surface area contributed by atoms with Crippen LogP contribution in [-0.4, -0.2) is 39.0 Å². The molecule has 17 heavy (non-hydrogen) atoms. The monoisotopic (exact) mass is 236 g/mol. The molecule has 1 N–H and O–H groups in total. The number of carboxylic acid groups (broad SMARTS) is 1. The minimum Gasteiger partial charge on any atom is -0.480 e. The van der Waals surface area contributed by atoms with Gasteiger partial charge in [0, 0.05) is 26.0 Å². The Kier molecular flexibility index (Phi) is 3.17. The van der Waals surface area contributed by atoms with Crippen molar-refractivity contribution in [1.29, 1.82) is 0 Å². The van der Waals surface area contributed by atoms with Gasteiger partial charge in [-0.1, -0.05) is 0 Å². The Bertz CT molecular complexity index is 439. The SMILES string of the molecule is Cn1ccc(C(=O)N2CCCCC2C(=O)O)c1. The zero-order chi connectivity index (χ0) is 12.4. The first kappa shape index (κ1) is 11.7. The summed E-state index contributed by atoms with van der Waals surface area (Å²) in [6.45, 7) is 0.532. The average Bonchev–Trinajstić information content (AvgIpc) is 2.75. The molecule has 1 atom stereocenters. The summed E-state index contributed by atoms with van der Waals surface area (Å²) < 4.78 is 1.78. The fourth-order valence-corrected chi connectivity index (χ4v) is 2.23. The highest BCUT2D eigenvalue weighted by molar-refractivity contribution is 5.96. The highest BCUT2D eigenvalue weighted by Gasteiger charge is 2.32. The normalized spacial score (nSPS) is 20.3. The lowest BCUT2D eigenvalue weighted by atomic mass is 10.0. The van der Waals surface area contributed by atoms with Gasteiger partial charge in [0.15, 0.2) is 0 Å². The maximum atomic E-state index is 12.2. The molecule has 1 amide bonds. The molecule has 5 nitrogen and oxygen atoms in total. The van der Waals surface area contributed by atoms with Crippen LogP contribution in [0.25, 0.3) is 0 Å². The van der Waals surface area contributed by atoms with E-state index < -0.39 is 12.0 Å². The van der Waals surface area contributed by atoms with Gasteiger partial charge >= 0.3 is 5.97 Å². The third kappa shape index (κ3) is 2.33. The van der Waals surface area contributed by atoms with E-state index in [1.807, 2.05) is 7.05 Å². The van der Waals surface area contributed by atoms with Crippen LogP contribution in [0.2, 0.25) is 0 Å². The second kappa shape index (κ2) is 4.61. The number of hydrogen-bond donors (Lipinski definition) is 1. The van der Waals surface area contributed by atoms with Crippen molar-refractivity contribution in [2.75, 3.05) is 6.54 Å². The van der Waals surface area contributed by atoms with Crippen LogP contribution in [-0.2, 0) is 11.8 Å². The van der Waals surface area contributed by atoms with Gasteiger partial charge in [0.1, 0.15) is 6.04 Å². The zero-order valence-corrected chi connectivity index (χ0v) is 9.80. The van der Waals surface area contributed by atoms with Gasteiger partial charge in [0.25, 0.3) is 5.91 Å². The van der Waals surface area contributed by atoms with Gasteiger partial charge in [-0.15, -0.1) is 0 Å². The molecule has 5 heteroatoms. The molecule has 2 heterocycles. The minimum absolute atomic E-state index is 0.183. The summed E-state index contributed by atoms with van der Waals surface area (Å²) in [4.78, 5) is 24.8. The molecule has 1 aromatic rings. The maximum Gasteiger partial charge on any atom is 0.326 e. The Morgan fingerprint density at radius 1 is 1.41 bits per heavy atom. The van der Waals surface area contributed by atoms with E-state index in [9.17, 15) is 9.59 Å². The van der Waals surface area contributed by atoms with Crippen LogP contribution in [0, 0.1) is 0 Å². The summed E-state index contributed by atoms with van der Waals surface area (Å²) in [7, 11) is 1.83. The number of aliphatic carboxylic acids is 1. The Hall–Kier alpha value is -1.78. The fraction of sp³-hybridized carbons (Fsp3) is 0.500. The Balaban J connectivity index is 2.19. The summed E-state index contributed by atoms with van der Waals surface area (Å²) in [6.07, 6.45) is 5.80. The molecule has 1 saturated heterocycles. The smallest absolute Gasteiger partial charge is 0.326 e. The lowest BCUT2D eigenvalue weighted by Crippen LogP contribution is -2.47. The number of aryl methyl sites for hydroxylation is 1. The number of amides is 1. The van der Waals surface area contributed by atoms with Crippen LogP contribution in [0.4, 0.5) is 0 Å². The average molecular weight is 236 g/mol. The molecule has 2 rings (SSSR count). The number of piperidine rings is 1. The minimum atomic E-state index is -0.908. The molecule has 0 saturated carbocycles. The van der Waals surface area contributed by atoms with Crippen molar-refractivity contribution < 1.29 is 14.7 Å². The predicted octanol–water partition coefficient (Wildman–Crippen LogP) is 1.10. The topological polar surface area (TPSA) is 62.5 Å². The summed E-state index contributed by atoms with van der Waals surface area (Å²) in [5.41, 5.74) is 0.556. The van der Waals surface area contributed by atoms with E-state index in [1.165, 1.54) is 4.90 Å². The first-order valence-corrected chi connectivity index (χ1v) is 5.75. The first-order chi connectivity index (χ1) is 8.09. The fourth-order valence-electron chi connectivity index (χ4n) is 2.23. The van der Waals surface area contributed by atoms with Gasteiger partial charge in [-0.2, -0.15) is 0 Å². The standard InChI is InChI=1S/C12H16N2O3/c1-13-7-5-9(8-13)11(15)14-6-3-2-4-10(14)12(16)17/h5,7-8,10H,2-4,6H2,1H3,(H,16,17). The highest BCUT2D eigenvalue weighted by Crippen LogP contribution is 2.20. The van der Waals surface area contributed by atoms with Crippen molar-refractivity contribution in [2.45, 2.75) is 25.3 Å². The molecular weight excluding hydrogens is 220 g/mol. The van der Waals surface area contributed by atoms with Gasteiger partial charge < -0.3 is 14.6 Å². The number of carbonyl (C=O) groups is 2. The van der Waals surface area contributed by atoms with E-state index in [2.05, 4.69) is 0 Å². The van der Waals surface area contributed by atoms with Crippen molar-refractivity contribution in [3.63, 3.8) is 0 Å².